The molecule has 0 fully saturated rings. The number of hydrogen-bond acceptors (Lipinski definition) is 2. The minimum Gasteiger partial charge on any atom is -0.265 e. The number of rotatable bonds is 0. The summed E-state index contributed by atoms with van der Waals surface area (Å²) >= 11 is 9.80. The number of fused-ring (bicyclic) bond motifs is 2. The third-order valence-electron chi connectivity index (χ3n) is 2.56. The van der Waals surface area contributed by atoms with Crippen LogP contribution in [0.5, 0.6) is 0 Å². The SMILES string of the molecule is Cn1ncc2nc3ccc(Br)cc3c(Cl)c21. The molecule has 0 saturated carbocycles. The van der Waals surface area contributed by atoms with Crippen molar-refractivity contribution in [2.24, 2.45) is 7.05 Å². The fourth-order valence-electron chi connectivity index (χ4n) is 1.80. The number of halogens is 2. The van der Waals surface area contributed by atoms with Gasteiger partial charge in [0.1, 0.15) is 11.0 Å². The lowest BCUT2D eigenvalue weighted by molar-refractivity contribution is 0.797. The van der Waals surface area contributed by atoms with E-state index in [-0.39, 0.29) is 0 Å². The molecule has 16 heavy (non-hydrogen) atoms. The van der Waals surface area contributed by atoms with Crippen molar-refractivity contribution >= 4 is 49.5 Å². The molecule has 0 bridgehead atoms. The van der Waals surface area contributed by atoms with Crippen molar-refractivity contribution in [2.45, 2.75) is 0 Å². The van der Waals surface area contributed by atoms with Crippen molar-refractivity contribution in [3.8, 4) is 0 Å². The summed E-state index contributed by atoms with van der Waals surface area (Å²) in [4.78, 5) is 4.51. The van der Waals surface area contributed by atoms with Crippen molar-refractivity contribution in [2.75, 3.05) is 0 Å². The van der Waals surface area contributed by atoms with Crippen LogP contribution in [0.1, 0.15) is 0 Å². The molecule has 0 spiro atoms. The van der Waals surface area contributed by atoms with Crippen LogP contribution in [-0.4, -0.2) is 14.8 Å². The molecule has 80 valence electrons. The smallest absolute Gasteiger partial charge is 0.111 e. The first-order valence-corrected chi connectivity index (χ1v) is 5.90. The van der Waals surface area contributed by atoms with Crippen LogP contribution in [0.4, 0.5) is 0 Å². The van der Waals surface area contributed by atoms with Crippen molar-refractivity contribution in [1.82, 2.24) is 14.8 Å². The van der Waals surface area contributed by atoms with Gasteiger partial charge in [0, 0.05) is 16.9 Å². The number of hydrogen-bond donors (Lipinski definition) is 0. The van der Waals surface area contributed by atoms with Gasteiger partial charge < -0.3 is 0 Å². The zero-order valence-corrected chi connectivity index (χ0v) is 10.7. The van der Waals surface area contributed by atoms with E-state index < -0.39 is 0 Å². The fourth-order valence-corrected chi connectivity index (χ4v) is 2.53. The molecule has 0 N–H and O–H groups in total. The molecule has 0 radical (unpaired) electrons. The molecule has 0 unspecified atom stereocenters. The molecule has 2 heterocycles. The maximum atomic E-state index is 6.37. The maximum Gasteiger partial charge on any atom is 0.111 e. The van der Waals surface area contributed by atoms with Gasteiger partial charge in [-0.1, -0.05) is 27.5 Å². The average molecular weight is 297 g/mol. The summed E-state index contributed by atoms with van der Waals surface area (Å²) in [6.07, 6.45) is 1.72. The summed E-state index contributed by atoms with van der Waals surface area (Å²) < 4.78 is 2.73. The van der Waals surface area contributed by atoms with Crippen molar-refractivity contribution in [1.29, 1.82) is 0 Å². The summed E-state index contributed by atoms with van der Waals surface area (Å²) in [7, 11) is 1.86. The lowest BCUT2D eigenvalue weighted by atomic mass is 10.2. The van der Waals surface area contributed by atoms with E-state index in [0.717, 1.165) is 26.4 Å². The highest BCUT2D eigenvalue weighted by Crippen LogP contribution is 2.31. The first-order chi connectivity index (χ1) is 7.66. The standard InChI is InChI=1S/C11H7BrClN3/c1-16-11-9(5-14-16)15-8-3-2-6(12)4-7(8)10(11)13/h2-5H,1H3. The quantitative estimate of drug-likeness (QED) is 0.635. The molecule has 5 heteroatoms. The first-order valence-electron chi connectivity index (χ1n) is 4.73. The molecule has 3 rings (SSSR count). The minimum absolute atomic E-state index is 0.696. The van der Waals surface area contributed by atoms with Gasteiger partial charge in [0.2, 0.25) is 0 Å². The Kier molecular flexibility index (Phi) is 2.16. The molecule has 3 aromatic rings. The topological polar surface area (TPSA) is 30.7 Å². The fraction of sp³-hybridized carbons (Fsp3) is 0.0909. The Balaban J connectivity index is 2.58. The lowest BCUT2D eigenvalue weighted by Crippen LogP contribution is -1.91. The van der Waals surface area contributed by atoms with Gasteiger partial charge in [0.15, 0.2) is 0 Å². The Morgan fingerprint density at radius 3 is 2.94 bits per heavy atom. The normalized spacial score (nSPS) is 11.4. The third kappa shape index (κ3) is 1.33. The van der Waals surface area contributed by atoms with Crippen LogP contribution in [0.25, 0.3) is 21.9 Å². The molecule has 3 nitrogen and oxygen atoms in total. The molecule has 0 saturated heterocycles. The van der Waals surface area contributed by atoms with Crippen LogP contribution in [-0.2, 0) is 7.05 Å². The average Bonchev–Trinajstić information content (AvgIpc) is 2.62. The zero-order chi connectivity index (χ0) is 11.3. The maximum absolute atomic E-state index is 6.37. The van der Waals surface area contributed by atoms with Gasteiger partial charge in [0.05, 0.1) is 16.7 Å². The van der Waals surface area contributed by atoms with Gasteiger partial charge in [-0.15, -0.1) is 0 Å². The van der Waals surface area contributed by atoms with E-state index in [1.165, 1.54) is 0 Å². The Labute approximate surface area is 105 Å². The Bertz CT molecular complexity index is 705. The van der Waals surface area contributed by atoms with E-state index in [9.17, 15) is 0 Å². The first kappa shape index (κ1) is 10.1. The molecule has 0 atom stereocenters. The van der Waals surface area contributed by atoms with Crippen LogP contribution in [0, 0.1) is 0 Å². The van der Waals surface area contributed by atoms with Crippen LogP contribution in [0.15, 0.2) is 28.9 Å². The zero-order valence-electron chi connectivity index (χ0n) is 8.41. The van der Waals surface area contributed by atoms with Gasteiger partial charge >= 0.3 is 0 Å². The summed E-state index contributed by atoms with van der Waals surface area (Å²) in [5.41, 5.74) is 2.57. The van der Waals surface area contributed by atoms with Crippen molar-refractivity contribution < 1.29 is 0 Å². The van der Waals surface area contributed by atoms with Crippen LogP contribution in [0.2, 0.25) is 5.02 Å². The largest absolute Gasteiger partial charge is 0.265 e. The minimum atomic E-state index is 0.696. The van der Waals surface area contributed by atoms with E-state index in [4.69, 9.17) is 11.6 Å². The Morgan fingerprint density at radius 2 is 2.12 bits per heavy atom. The third-order valence-corrected chi connectivity index (χ3v) is 3.44. The van der Waals surface area contributed by atoms with Gasteiger partial charge in [0.25, 0.3) is 0 Å². The van der Waals surface area contributed by atoms with E-state index >= 15 is 0 Å². The van der Waals surface area contributed by atoms with Gasteiger partial charge in [-0.2, -0.15) is 5.10 Å². The lowest BCUT2D eigenvalue weighted by Gasteiger charge is -2.03. The van der Waals surface area contributed by atoms with Crippen LogP contribution >= 0.6 is 27.5 Å². The van der Waals surface area contributed by atoms with Crippen molar-refractivity contribution in [3.63, 3.8) is 0 Å². The van der Waals surface area contributed by atoms with Crippen LogP contribution in [0.3, 0.4) is 0 Å². The second-order valence-electron chi connectivity index (χ2n) is 3.59. The molecule has 0 aliphatic heterocycles. The monoisotopic (exact) mass is 295 g/mol. The second kappa shape index (κ2) is 3.43. The molecule has 1 aromatic carbocycles. The highest BCUT2D eigenvalue weighted by molar-refractivity contribution is 9.10. The van der Waals surface area contributed by atoms with E-state index in [0.29, 0.717) is 5.02 Å². The second-order valence-corrected chi connectivity index (χ2v) is 4.88. The molecular weight excluding hydrogens is 289 g/mol. The number of aromatic nitrogens is 3. The number of aryl methyl sites for hydroxylation is 1. The summed E-state index contributed by atoms with van der Waals surface area (Å²) in [6.45, 7) is 0. The molecular formula is C11H7BrClN3. The Morgan fingerprint density at radius 1 is 1.31 bits per heavy atom. The van der Waals surface area contributed by atoms with E-state index in [1.54, 1.807) is 10.9 Å². The molecule has 2 aromatic heterocycles. The highest BCUT2D eigenvalue weighted by atomic mass is 79.9. The summed E-state index contributed by atoms with van der Waals surface area (Å²) in [6, 6.07) is 5.86. The summed E-state index contributed by atoms with van der Waals surface area (Å²) in [5.74, 6) is 0. The summed E-state index contributed by atoms with van der Waals surface area (Å²) in [5, 5.41) is 5.79. The van der Waals surface area contributed by atoms with Crippen molar-refractivity contribution in [3.05, 3.63) is 33.9 Å². The number of nitrogens with zero attached hydrogens (tertiary/aromatic N) is 3. The van der Waals surface area contributed by atoms with Gasteiger partial charge in [-0.25, -0.2) is 4.98 Å². The molecule has 0 amide bonds. The van der Waals surface area contributed by atoms with E-state index in [2.05, 4.69) is 26.0 Å². The predicted molar refractivity (Wildman–Crippen MR) is 68.7 cm³/mol. The van der Waals surface area contributed by atoms with Crippen LogP contribution < -0.4 is 0 Å². The predicted octanol–water partition coefficient (Wildman–Crippen LogP) is 3.54. The highest BCUT2D eigenvalue weighted by Gasteiger charge is 2.10. The Hall–Kier alpha value is -1.13. The number of benzene rings is 1. The molecule has 0 aliphatic carbocycles. The van der Waals surface area contributed by atoms with E-state index in [1.807, 2.05) is 25.2 Å². The van der Waals surface area contributed by atoms with Gasteiger partial charge in [-0.05, 0) is 18.2 Å². The number of pyridine rings is 1. The van der Waals surface area contributed by atoms with Gasteiger partial charge in [-0.3, -0.25) is 4.68 Å². The molecule has 0 aliphatic rings.